The Hall–Kier alpha value is -3.19. The van der Waals surface area contributed by atoms with Crippen molar-refractivity contribution in [1.82, 2.24) is 4.98 Å². The van der Waals surface area contributed by atoms with Crippen LogP contribution in [-0.2, 0) is 12.8 Å². The SMILES string of the molecule is CCOc1ccc(NC(=O)c2c(NC(=O)c3cccnc3)sc3c2CCC(C(C)(C)C)C3)cc1. The van der Waals surface area contributed by atoms with Gasteiger partial charge in [-0.25, -0.2) is 0 Å². The van der Waals surface area contributed by atoms with Gasteiger partial charge >= 0.3 is 0 Å². The standard InChI is InChI=1S/C27H31N3O3S/c1-5-33-20-11-9-19(10-12-20)29-25(32)23-21-13-8-18(27(2,3)4)15-22(21)34-26(23)30-24(31)17-7-6-14-28-16-17/h6-7,9-12,14,16,18H,5,8,13,15H2,1-4H3,(H,29,32)(H,30,31). The zero-order chi connectivity index (χ0) is 24.3. The van der Waals surface area contributed by atoms with Gasteiger partial charge in [-0.1, -0.05) is 20.8 Å². The van der Waals surface area contributed by atoms with Gasteiger partial charge in [0, 0.05) is 23.0 Å². The number of fused-ring (bicyclic) bond motifs is 1. The second-order valence-corrected chi connectivity index (χ2v) is 10.7. The van der Waals surface area contributed by atoms with Gasteiger partial charge in [0.05, 0.1) is 17.7 Å². The Kier molecular flexibility index (Phi) is 7.03. The molecule has 0 aliphatic heterocycles. The molecule has 0 spiro atoms. The van der Waals surface area contributed by atoms with Crippen molar-refractivity contribution in [2.75, 3.05) is 17.2 Å². The molecule has 3 aromatic rings. The van der Waals surface area contributed by atoms with Crippen LogP contribution in [-0.4, -0.2) is 23.4 Å². The van der Waals surface area contributed by atoms with Crippen molar-refractivity contribution in [1.29, 1.82) is 0 Å². The fraction of sp³-hybridized carbons (Fsp3) is 0.370. The first kappa shape index (κ1) is 24.0. The van der Waals surface area contributed by atoms with Crippen molar-refractivity contribution in [2.24, 2.45) is 11.3 Å². The summed E-state index contributed by atoms with van der Waals surface area (Å²) in [4.78, 5) is 31.6. The Balaban J connectivity index is 1.64. The Morgan fingerprint density at radius 3 is 2.53 bits per heavy atom. The van der Waals surface area contributed by atoms with Crippen molar-refractivity contribution >= 4 is 33.8 Å². The minimum atomic E-state index is -0.269. The normalized spacial score (nSPS) is 15.4. The molecular weight excluding hydrogens is 446 g/mol. The van der Waals surface area contributed by atoms with Gasteiger partial charge in [-0.3, -0.25) is 14.6 Å². The van der Waals surface area contributed by atoms with Crippen LogP contribution in [0.4, 0.5) is 10.7 Å². The Labute approximate surface area is 204 Å². The lowest BCUT2D eigenvalue weighted by Crippen LogP contribution is -2.27. The van der Waals surface area contributed by atoms with Gasteiger partial charge in [0.2, 0.25) is 0 Å². The molecule has 1 aromatic carbocycles. The van der Waals surface area contributed by atoms with Crippen molar-refractivity contribution in [3.05, 3.63) is 70.4 Å². The van der Waals surface area contributed by atoms with Crippen LogP contribution in [0.5, 0.6) is 5.75 Å². The lowest BCUT2D eigenvalue weighted by molar-refractivity contribution is 0.102. The van der Waals surface area contributed by atoms with Crippen molar-refractivity contribution in [3.63, 3.8) is 0 Å². The molecule has 178 valence electrons. The zero-order valence-corrected chi connectivity index (χ0v) is 20.9. The van der Waals surface area contributed by atoms with Gasteiger partial charge in [0.25, 0.3) is 11.8 Å². The van der Waals surface area contributed by atoms with Crippen LogP contribution in [0.15, 0.2) is 48.8 Å². The summed E-state index contributed by atoms with van der Waals surface area (Å²) in [7, 11) is 0. The van der Waals surface area contributed by atoms with E-state index in [1.165, 1.54) is 22.4 Å². The summed E-state index contributed by atoms with van der Waals surface area (Å²) in [6.45, 7) is 9.31. The molecule has 1 unspecified atom stereocenters. The van der Waals surface area contributed by atoms with Crippen LogP contribution in [0, 0.1) is 11.3 Å². The lowest BCUT2D eigenvalue weighted by Gasteiger charge is -2.33. The quantitative estimate of drug-likeness (QED) is 0.443. The summed E-state index contributed by atoms with van der Waals surface area (Å²) in [6.07, 6.45) is 5.91. The number of pyridine rings is 1. The van der Waals surface area contributed by atoms with Gasteiger partial charge in [-0.15, -0.1) is 11.3 Å². The molecule has 1 atom stereocenters. The largest absolute Gasteiger partial charge is 0.494 e. The van der Waals surface area contributed by atoms with E-state index in [-0.39, 0.29) is 17.2 Å². The first-order chi connectivity index (χ1) is 16.3. The molecular formula is C27H31N3O3S. The van der Waals surface area contributed by atoms with Crippen LogP contribution in [0.1, 0.15) is 65.3 Å². The lowest BCUT2D eigenvalue weighted by atomic mass is 9.72. The van der Waals surface area contributed by atoms with E-state index in [0.29, 0.717) is 34.3 Å². The number of rotatable bonds is 6. The smallest absolute Gasteiger partial charge is 0.258 e. The van der Waals surface area contributed by atoms with E-state index in [4.69, 9.17) is 4.74 Å². The maximum atomic E-state index is 13.5. The third-order valence-electron chi connectivity index (χ3n) is 6.29. The maximum absolute atomic E-state index is 13.5. The summed E-state index contributed by atoms with van der Waals surface area (Å²) in [5.41, 5.74) is 2.94. The van der Waals surface area contributed by atoms with E-state index in [1.807, 2.05) is 31.2 Å². The molecule has 1 aliphatic rings. The van der Waals surface area contributed by atoms with Crippen LogP contribution < -0.4 is 15.4 Å². The first-order valence-corrected chi connectivity index (χ1v) is 12.5. The molecule has 0 bridgehead atoms. The van der Waals surface area contributed by atoms with Crippen molar-refractivity contribution in [2.45, 2.75) is 47.0 Å². The molecule has 0 fully saturated rings. The molecule has 0 saturated heterocycles. The van der Waals surface area contributed by atoms with Crippen LogP contribution >= 0.6 is 11.3 Å². The number of ether oxygens (including phenoxy) is 1. The molecule has 4 rings (SSSR count). The average Bonchev–Trinajstić information content (AvgIpc) is 3.17. The molecule has 34 heavy (non-hydrogen) atoms. The second kappa shape index (κ2) is 9.97. The molecule has 0 radical (unpaired) electrons. The number of anilines is 2. The number of carbonyl (C=O) groups is 2. The number of amides is 2. The van der Waals surface area contributed by atoms with E-state index < -0.39 is 0 Å². The van der Waals surface area contributed by atoms with Gasteiger partial charge in [0.15, 0.2) is 0 Å². The Bertz CT molecular complexity index is 1160. The number of thiophene rings is 1. The van der Waals surface area contributed by atoms with E-state index >= 15 is 0 Å². The summed E-state index contributed by atoms with van der Waals surface area (Å²) in [6, 6.07) is 10.8. The van der Waals surface area contributed by atoms with Crippen LogP contribution in [0.25, 0.3) is 0 Å². The molecule has 2 N–H and O–H groups in total. The molecule has 2 amide bonds. The molecule has 1 aliphatic carbocycles. The summed E-state index contributed by atoms with van der Waals surface area (Å²) in [5, 5.41) is 6.59. The number of carbonyl (C=O) groups excluding carboxylic acids is 2. The fourth-order valence-corrected chi connectivity index (χ4v) is 5.64. The first-order valence-electron chi connectivity index (χ1n) is 11.7. The third kappa shape index (κ3) is 5.30. The van der Waals surface area contributed by atoms with Gasteiger partial charge in [-0.2, -0.15) is 0 Å². The van der Waals surface area contributed by atoms with E-state index in [0.717, 1.165) is 30.6 Å². The maximum Gasteiger partial charge on any atom is 0.258 e. The molecule has 0 saturated carbocycles. The minimum absolute atomic E-state index is 0.186. The number of hydrogen-bond donors (Lipinski definition) is 2. The molecule has 2 heterocycles. The molecule has 2 aromatic heterocycles. The predicted molar refractivity (Wildman–Crippen MR) is 137 cm³/mol. The highest BCUT2D eigenvalue weighted by Crippen LogP contribution is 2.44. The second-order valence-electron chi connectivity index (χ2n) is 9.62. The fourth-order valence-electron chi connectivity index (χ4n) is 4.32. The number of benzene rings is 1. The number of aromatic nitrogens is 1. The summed E-state index contributed by atoms with van der Waals surface area (Å²) in [5.74, 6) is 0.806. The number of nitrogens with one attached hydrogen (secondary N) is 2. The highest BCUT2D eigenvalue weighted by Gasteiger charge is 2.34. The highest BCUT2D eigenvalue weighted by molar-refractivity contribution is 7.17. The van der Waals surface area contributed by atoms with Gasteiger partial charge < -0.3 is 15.4 Å². The van der Waals surface area contributed by atoms with Crippen LogP contribution in [0.2, 0.25) is 0 Å². The van der Waals surface area contributed by atoms with E-state index in [1.54, 1.807) is 18.3 Å². The minimum Gasteiger partial charge on any atom is -0.494 e. The van der Waals surface area contributed by atoms with Gasteiger partial charge in [0.1, 0.15) is 10.8 Å². The predicted octanol–water partition coefficient (Wildman–Crippen LogP) is 6.20. The highest BCUT2D eigenvalue weighted by atomic mass is 32.1. The summed E-state index contributed by atoms with van der Waals surface area (Å²) < 4.78 is 5.49. The molecule has 6 nitrogen and oxygen atoms in total. The number of hydrogen-bond acceptors (Lipinski definition) is 5. The van der Waals surface area contributed by atoms with Crippen molar-refractivity contribution < 1.29 is 14.3 Å². The third-order valence-corrected chi connectivity index (χ3v) is 7.46. The Morgan fingerprint density at radius 2 is 1.88 bits per heavy atom. The molecule has 7 heteroatoms. The van der Waals surface area contributed by atoms with Crippen molar-refractivity contribution in [3.8, 4) is 5.75 Å². The van der Waals surface area contributed by atoms with E-state index in [9.17, 15) is 9.59 Å². The number of nitrogens with zero attached hydrogens (tertiary/aromatic N) is 1. The van der Waals surface area contributed by atoms with E-state index in [2.05, 4.69) is 36.4 Å². The van der Waals surface area contributed by atoms with Crippen LogP contribution in [0.3, 0.4) is 0 Å². The average molecular weight is 478 g/mol. The Morgan fingerprint density at radius 1 is 1.12 bits per heavy atom. The zero-order valence-electron chi connectivity index (χ0n) is 20.1. The topological polar surface area (TPSA) is 80.3 Å². The van der Waals surface area contributed by atoms with Gasteiger partial charge in [-0.05, 0) is 79.5 Å². The monoisotopic (exact) mass is 477 g/mol. The summed E-state index contributed by atoms with van der Waals surface area (Å²) >= 11 is 1.52.